The quantitative estimate of drug-likeness (QED) is 0.779. The summed E-state index contributed by atoms with van der Waals surface area (Å²) in [5.41, 5.74) is 2.15. The van der Waals surface area contributed by atoms with E-state index < -0.39 is 0 Å². The summed E-state index contributed by atoms with van der Waals surface area (Å²) in [7, 11) is 0. The number of rotatable bonds is 4. The zero-order valence-electron chi connectivity index (χ0n) is 17.9. The van der Waals surface area contributed by atoms with Crippen molar-refractivity contribution in [2.24, 2.45) is 11.3 Å². The number of hydrogen-bond donors (Lipinski definition) is 0. The molecule has 0 radical (unpaired) electrons. The molecular weight excluding hydrogens is 364 g/mol. The van der Waals surface area contributed by atoms with Gasteiger partial charge in [-0.2, -0.15) is 0 Å². The van der Waals surface area contributed by atoms with Crippen molar-refractivity contribution in [3.8, 4) is 0 Å². The Morgan fingerprint density at radius 2 is 1.86 bits per heavy atom. The first-order valence-corrected chi connectivity index (χ1v) is 11.2. The smallest absolute Gasteiger partial charge is 0.230 e. The van der Waals surface area contributed by atoms with Crippen LogP contribution in [0.5, 0.6) is 0 Å². The van der Waals surface area contributed by atoms with E-state index in [4.69, 9.17) is 4.74 Å². The Labute approximate surface area is 174 Å². The molecular formula is C24H34N2O3. The number of hydrogen-bond acceptors (Lipinski definition) is 3. The second kappa shape index (κ2) is 8.47. The Hall–Kier alpha value is -1.88. The van der Waals surface area contributed by atoms with Crippen molar-refractivity contribution in [2.45, 2.75) is 58.4 Å². The third kappa shape index (κ3) is 4.20. The molecule has 0 aliphatic carbocycles. The van der Waals surface area contributed by atoms with E-state index in [1.54, 1.807) is 0 Å². The summed E-state index contributed by atoms with van der Waals surface area (Å²) in [4.78, 5) is 30.4. The summed E-state index contributed by atoms with van der Waals surface area (Å²) in [6.45, 7) is 8.56. The fourth-order valence-electron chi connectivity index (χ4n) is 5.17. The average molecular weight is 399 g/mol. The first-order valence-electron chi connectivity index (χ1n) is 11.2. The van der Waals surface area contributed by atoms with Gasteiger partial charge in [-0.15, -0.1) is 0 Å². The Balaban J connectivity index is 1.41. The SMILES string of the molecule is CC(C)c1ccc(CN2CCC[C@@]3(CCN(C(=O)C4CCOCC4)C3)C2=O)cc1. The normalized spacial score (nSPS) is 26.0. The largest absolute Gasteiger partial charge is 0.381 e. The number of amides is 2. The number of piperidine rings is 1. The molecule has 3 fully saturated rings. The first kappa shape index (κ1) is 20.4. The molecule has 5 heteroatoms. The summed E-state index contributed by atoms with van der Waals surface area (Å²) >= 11 is 0. The van der Waals surface area contributed by atoms with Crippen LogP contribution in [0.1, 0.15) is 63.0 Å². The zero-order valence-corrected chi connectivity index (χ0v) is 17.9. The molecule has 2 amide bonds. The van der Waals surface area contributed by atoms with Crippen molar-refractivity contribution in [3.05, 3.63) is 35.4 Å². The van der Waals surface area contributed by atoms with Crippen LogP contribution in [0.15, 0.2) is 24.3 Å². The molecule has 158 valence electrons. The molecule has 3 aliphatic rings. The zero-order chi connectivity index (χ0) is 20.4. The molecule has 1 aromatic carbocycles. The van der Waals surface area contributed by atoms with E-state index in [9.17, 15) is 9.59 Å². The van der Waals surface area contributed by atoms with Crippen molar-refractivity contribution in [2.75, 3.05) is 32.8 Å². The van der Waals surface area contributed by atoms with Gasteiger partial charge in [0.05, 0.1) is 5.41 Å². The van der Waals surface area contributed by atoms with Crippen molar-refractivity contribution in [3.63, 3.8) is 0 Å². The van der Waals surface area contributed by atoms with Crippen molar-refractivity contribution < 1.29 is 14.3 Å². The van der Waals surface area contributed by atoms with Gasteiger partial charge in [0.15, 0.2) is 0 Å². The van der Waals surface area contributed by atoms with Crippen LogP contribution in [0.3, 0.4) is 0 Å². The highest BCUT2D eigenvalue weighted by Gasteiger charge is 2.49. The van der Waals surface area contributed by atoms with E-state index in [1.807, 2.05) is 9.80 Å². The Morgan fingerprint density at radius 3 is 2.55 bits per heavy atom. The molecule has 1 spiro atoms. The van der Waals surface area contributed by atoms with Crippen LogP contribution in [0.4, 0.5) is 0 Å². The van der Waals surface area contributed by atoms with Crippen molar-refractivity contribution >= 4 is 11.8 Å². The lowest BCUT2D eigenvalue weighted by molar-refractivity contribution is -0.147. The minimum absolute atomic E-state index is 0.0770. The minimum atomic E-state index is -0.364. The molecule has 1 atom stereocenters. The fraction of sp³-hybridized carbons (Fsp3) is 0.667. The molecule has 0 N–H and O–H groups in total. The molecule has 4 rings (SSSR count). The van der Waals surface area contributed by atoms with Gasteiger partial charge >= 0.3 is 0 Å². The maximum absolute atomic E-state index is 13.4. The summed E-state index contributed by atoms with van der Waals surface area (Å²) in [6, 6.07) is 8.65. The Bertz CT molecular complexity index is 739. The van der Waals surface area contributed by atoms with E-state index >= 15 is 0 Å². The molecule has 3 heterocycles. The summed E-state index contributed by atoms with van der Waals surface area (Å²) in [5.74, 6) is 1.08. The van der Waals surface area contributed by atoms with Crippen molar-refractivity contribution in [1.29, 1.82) is 0 Å². The second-order valence-corrected chi connectivity index (χ2v) is 9.40. The summed E-state index contributed by atoms with van der Waals surface area (Å²) < 4.78 is 5.40. The van der Waals surface area contributed by atoms with Gasteiger partial charge in [0.25, 0.3) is 0 Å². The Morgan fingerprint density at radius 1 is 1.14 bits per heavy atom. The van der Waals surface area contributed by atoms with Crippen LogP contribution >= 0.6 is 0 Å². The highest BCUT2D eigenvalue weighted by atomic mass is 16.5. The third-order valence-electron chi connectivity index (χ3n) is 7.08. The van der Waals surface area contributed by atoms with Gasteiger partial charge in [0.1, 0.15) is 0 Å². The summed E-state index contributed by atoms with van der Waals surface area (Å²) in [5, 5.41) is 0. The van der Waals surface area contributed by atoms with Gasteiger partial charge in [-0.1, -0.05) is 38.1 Å². The van der Waals surface area contributed by atoms with Crippen LogP contribution in [0.2, 0.25) is 0 Å². The maximum atomic E-state index is 13.4. The van der Waals surface area contributed by atoms with E-state index in [2.05, 4.69) is 38.1 Å². The lowest BCUT2D eigenvalue weighted by atomic mass is 9.78. The molecule has 1 aromatic rings. The van der Waals surface area contributed by atoms with Gasteiger partial charge < -0.3 is 14.5 Å². The number of likely N-dealkylation sites (tertiary alicyclic amines) is 2. The lowest BCUT2D eigenvalue weighted by Gasteiger charge is -2.39. The van der Waals surface area contributed by atoms with Crippen LogP contribution in [0, 0.1) is 11.3 Å². The molecule has 0 unspecified atom stereocenters. The molecule has 3 saturated heterocycles. The van der Waals surface area contributed by atoms with Crippen molar-refractivity contribution in [1.82, 2.24) is 9.80 Å². The number of ether oxygens (including phenoxy) is 1. The molecule has 0 saturated carbocycles. The van der Waals surface area contributed by atoms with E-state index in [-0.39, 0.29) is 23.1 Å². The molecule has 3 aliphatic heterocycles. The number of benzene rings is 1. The monoisotopic (exact) mass is 398 g/mol. The number of carbonyl (C=O) groups excluding carboxylic acids is 2. The molecule has 5 nitrogen and oxygen atoms in total. The van der Waals surface area contributed by atoms with Gasteiger partial charge in [-0.05, 0) is 49.1 Å². The topological polar surface area (TPSA) is 49.9 Å². The fourth-order valence-corrected chi connectivity index (χ4v) is 5.17. The predicted octanol–water partition coefficient (Wildman–Crippen LogP) is 3.58. The maximum Gasteiger partial charge on any atom is 0.230 e. The predicted molar refractivity (Wildman–Crippen MR) is 112 cm³/mol. The second-order valence-electron chi connectivity index (χ2n) is 9.40. The van der Waals surface area contributed by atoms with Crippen LogP contribution in [-0.4, -0.2) is 54.5 Å². The highest BCUT2D eigenvalue weighted by Crippen LogP contribution is 2.41. The lowest BCUT2D eigenvalue weighted by Crippen LogP contribution is -2.50. The molecule has 29 heavy (non-hydrogen) atoms. The van der Waals surface area contributed by atoms with Crippen LogP contribution < -0.4 is 0 Å². The van der Waals surface area contributed by atoms with Crippen LogP contribution in [0.25, 0.3) is 0 Å². The number of carbonyl (C=O) groups is 2. The van der Waals surface area contributed by atoms with E-state index in [0.29, 0.717) is 32.2 Å². The average Bonchev–Trinajstić information content (AvgIpc) is 3.17. The van der Waals surface area contributed by atoms with Crippen LogP contribution in [-0.2, 0) is 20.9 Å². The highest BCUT2D eigenvalue weighted by molar-refractivity contribution is 5.86. The first-order chi connectivity index (χ1) is 14.0. The van der Waals surface area contributed by atoms with E-state index in [0.717, 1.165) is 45.2 Å². The van der Waals surface area contributed by atoms with Gasteiger partial charge in [0.2, 0.25) is 11.8 Å². The standard InChI is InChI=1S/C24H34N2O3/c1-18(2)20-6-4-19(5-7-20)16-25-12-3-10-24(23(25)28)11-13-26(17-24)22(27)21-8-14-29-15-9-21/h4-7,18,21H,3,8-17H2,1-2H3/t24-/m0/s1. The molecule has 0 aromatic heterocycles. The minimum Gasteiger partial charge on any atom is -0.381 e. The third-order valence-corrected chi connectivity index (χ3v) is 7.08. The van der Waals surface area contributed by atoms with Gasteiger partial charge in [-0.3, -0.25) is 9.59 Å². The van der Waals surface area contributed by atoms with Gasteiger partial charge in [-0.25, -0.2) is 0 Å². The summed E-state index contributed by atoms with van der Waals surface area (Å²) in [6.07, 6.45) is 4.37. The number of nitrogens with zero attached hydrogens (tertiary/aromatic N) is 2. The van der Waals surface area contributed by atoms with Gasteiger partial charge in [0, 0.05) is 45.3 Å². The molecule has 0 bridgehead atoms. The van der Waals surface area contributed by atoms with E-state index in [1.165, 1.54) is 11.1 Å². The Kier molecular flexibility index (Phi) is 5.95.